The zero-order valence-electron chi connectivity index (χ0n) is 10.3. The second-order valence-corrected chi connectivity index (χ2v) is 4.20. The molecule has 0 saturated carbocycles. The van der Waals surface area contributed by atoms with Crippen molar-refractivity contribution in [2.24, 2.45) is 0 Å². The number of hydrogen-bond acceptors (Lipinski definition) is 2. The molecule has 1 aromatic rings. The summed E-state index contributed by atoms with van der Waals surface area (Å²) in [6, 6.07) is 4.50. The lowest BCUT2D eigenvalue weighted by Crippen LogP contribution is -2.36. The van der Waals surface area contributed by atoms with Crippen molar-refractivity contribution in [3.63, 3.8) is 0 Å². The normalized spacial score (nSPS) is 11.5. The van der Waals surface area contributed by atoms with Crippen LogP contribution in [0.15, 0.2) is 18.2 Å². The van der Waals surface area contributed by atoms with Crippen molar-refractivity contribution < 1.29 is 4.39 Å². The van der Waals surface area contributed by atoms with E-state index in [-0.39, 0.29) is 11.4 Å². The van der Waals surface area contributed by atoms with E-state index < -0.39 is 0 Å². The van der Waals surface area contributed by atoms with Crippen molar-refractivity contribution in [3.8, 4) is 0 Å². The van der Waals surface area contributed by atoms with E-state index in [1.807, 2.05) is 0 Å². The SMILES string of the molecule is CCC(CC)(CC)Nc1ccc(F)cc1N. The Bertz CT molecular complexity index is 338. The van der Waals surface area contributed by atoms with Crippen molar-refractivity contribution in [2.45, 2.75) is 45.6 Å². The van der Waals surface area contributed by atoms with Crippen LogP contribution in [-0.2, 0) is 0 Å². The van der Waals surface area contributed by atoms with Crippen LogP contribution in [0.2, 0.25) is 0 Å². The Hall–Kier alpha value is -1.25. The van der Waals surface area contributed by atoms with Gasteiger partial charge in [-0.3, -0.25) is 0 Å². The highest BCUT2D eigenvalue weighted by molar-refractivity contribution is 5.66. The number of nitrogens with two attached hydrogens (primary N) is 1. The minimum absolute atomic E-state index is 0.0615. The third kappa shape index (κ3) is 2.65. The van der Waals surface area contributed by atoms with Crippen molar-refractivity contribution in [1.82, 2.24) is 0 Å². The summed E-state index contributed by atoms with van der Waals surface area (Å²) in [5.41, 5.74) is 7.15. The van der Waals surface area contributed by atoms with Crippen LogP contribution in [0.5, 0.6) is 0 Å². The van der Waals surface area contributed by atoms with Gasteiger partial charge in [-0.05, 0) is 37.5 Å². The molecule has 0 amide bonds. The molecular formula is C13H21FN2. The average molecular weight is 224 g/mol. The van der Waals surface area contributed by atoms with Crippen LogP contribution in [0.1, 0.15) is 40.0 Å². The quantitative estimate of drug-likeness (QED) is 0.747. The van der Waals surface area contributed by atoms with Crippen molar-refractivity contribution in [3.05, 3.63) is 24.0 Å². The first-order valence-electron chi connectivity index (χ1n) is 5.90. The molecule has 16 heavy (non-hydrogen) atoms. The Morgan fingerprint density at radius 1 is 1.19 bits per heavy atom. The second kappa shape index (κ2) is 5.19. The molecule has 0 atom stereocenters. The monoisotopic (exact) mass is 224 g/mol. The van der Waals surface area contributed by atoms with Gasteiger partial charge in [0, 0.05) is 5.54 Å². The second-order valence-electron chi connectivity index (χ2n) is 4.20. The molecule has 0 fully saturated rings. The molecule has 0 aromatic heterocycles. The maximum Gasteiger partial charge on any atom is 0.125 e. The van der Waals surface area contributed by atoms with E-state index in [0.29, 0.717) is 5.69 Å². The molecule has 1 rings (SSSR count). The standard InChI is InChI=1S/C13H21FN2/c1-4-13(5-2,6-3)16-12-8-7-10(14)9-11(12)15/h7-9,16H,4-6,15H2,1-3H3. The Kier molecular flexibility index (Phi) is 4.16. The molecule has 0 unspecified atom stereocenters. The fraction of sp³-hybridized carbons (Fsp3) is 0.538. The molecule has 0 aliphatic heterocycles. The summed E-state index contributed by atoms with van der Waals surface area (Å²) in [4.78, 5) is 0. The summed E-state index contributed by atoms with van der Waals surface area (Å²) in [6.45, 7) is 6.46. The molecular weight excluding hydrogens is 203 g/mol. The summed E-state index contributed by atoms with van der Waals surface area (Å²) in [5.74, 6) is -0.293. The molecule has 0 spiro atoms. The minimum Gasteiger partial charge on any atom is -0.397 e. The van der Waals surface area contributed by atoms with Crippen molar-refractivity contribution in [1.29, 1.82) is 0 Å². The van der Waals surface area contributed by atoms with E-state index >= 15 is 0 Å². The number of anilines is 2. The highest BCUT2D eigenvalue weighted by Gasteiger charge is 2.23. The van der Waals surface area contributed by atoms with Crippen LogP contribution < -0.4 is 11.1 Å². The van der Waals surface area contributed by atoms with Gasteiger partial charge in [0.15, 0.2) is 0 Å². The molecule has 3 N–H and O–H groups in total. The van der Waals surface area contributed by atoms with Crippen LogP contribution in [-0.4, -0.2) is 5.54 Å². The molecule has 0 heterocycles. The van der Waals surface area contributed by atoms with E-state index in [2.05, 4.69) is 26.1 Å². The topological polar surface area (TPSA) is 38.0 Å². The van der Waals surface area contributed by atoms with Crippen LogP contribution in [0.3, 0.4) is 0 Å². The molecule has 1 aromatic carbocycles. The summed E-state index contributed by atoms with van der Waals surface area (Å²) < 4.78 is 12.9. The number of benzene rings is 1. The van der Waals surface area contributed by atoms with Gasteiger partial charge < -0.3 is 11.1 Å². The lowest BCUT2D eigenvalue weighted by molar-refractivity contribution is 0.420. The largest absolute Gasteiger partial charge is 0.397 e. The Balaban J connectivity index is 2.93. The van der Waals surface area contributed by atoms with Gasteiger partial charge in [0.1, 0.15) is 5.82 Å². The smallest absolute Gasteiger partial charge is 0.125 e. The fourth-order valence-corrected chi connectivity index (χ4v) is 1.95. The maximum atomic E-state index is 12.9. The molecule has 2 nitrogen and oxygen atoms in total. The molecule has 0 bridgehead atoms. The summed E-state index contributed by atoms with van der Waals surface area (Å²) in [6.07, 6.45) is 3.07. The molecule has 90 valence electrons. The Morgan fingerprint density at radius 2 is 1.75 bits per heavy atom. The predicted octanol–water partition coefficient (Wildman–Crippen LogP) is 3.79. The maximum absolute atomic E-state index is 12.9. The van der Waals surface area contributed by atoms with E-state index in [4.69, 9.17) is 5.73 Å². The molecule has 0 radical (unpaired) electrons. The third-order valence-electron chi connectivity index (χ3n) is 3.44. The molecule has 0 aliphatic carbocycles. The van der Waals surface area contributed by atoms with E-state index in [1.54, 1.807) is 6.07 Å². The van der Waals surface area contributed by atoms with Crippen molar-refractivity contribution >= 4 is 11.4 Å². The summed E-state index contributed by atoms with van der Waals surface area (Å²) in [5, 5.41) is 3.45. The molecule has 0 aliphatic rings. The van der Waals surface area contributed by atoms with Gasteiger partial charge in [-0.15, -0.1) is 0 Å². The average Bonchev–Trinajstić information content (AvgIpc) is 2.29. The first kappa shape index (κ1) is 12.8. The van der Waals surface area contributed by atoms with Crippen LogP contribution in [0.25, 0.3) is 0 Å². The highest BCUT2D eigenvalue weighted by atomic mass is 19.1. The van der Waals surface area contributed by atoms with Gasteiger partial charge in [0.25, 0.3) is 0 Å². The van der Waals surface area contributed by atoms with Gasteiger partial charge >= 0.3 is 0 Å². The third-order valence-corrected chi connectivity index (χ3v) is 3.44. The van der Waals surface area contributed by atoms with Crippen LogP contribution in [0, 0.1) is 5.82 Å². The fourth-order valence-electron chi connectivity index (χ4n) is 1.95. The van der Waals surface area contributed by atoms with Gasteiger partial charge in [-0.2, -0.15) is 0 Å². The van der Waals surface area contributed by atoms with E-state index in [9.17, 15) is 4.39 Å². The molecule has 3 heteroatoms. The van der Waals surface area contributed by atoms with Crippen molar-refractivity contribution in [2.75, 3.05) is 11.1 Å². The van der Waals surface area contributed by atoms with Gasteiger partial charge in [0.05, 0.1) is 11.4 Å². The number of nitrogen functional groups attached to an aromatic ring is 1. The van der Waals surface area contributed by atoms with Crippen LogP contribution in [0.4, 0.5) is 15.8 Å². The first-order valence-corrected chi connectivity index (χ1v) is 5.90. The minimum atomic E-state index is -0.293. The molecule has 0 saturated heterocycles. The first-order chi connectivity index (χ1) is 7.56. The van der Waals surface area contributed by atoms with Gasteiger partial charge in [-0.25, -0.2) is 4.39 Å². The lowest BCUT2D eigenvalue weighted by Gasteiger charge is -2.33. The number of hydrogen-bond donors (Lipinski definition) is 2. The predicted molar refractivity (Wildman–Crippen MR) is 68.0 cm³/mol. The number of halogens is 1. The van der Waals surface area contributed by atoms with E-state index in [0.717, 1.165) is 24.9 Å². The van der Waals surface area contributed by atoms with E-state index in [1.165, 1.54) is 12.1 Å². The van der Waals surface area contributed by atoms with Gasteiger partial charge in [-0.1, -0.05) is 20.8 Å². The zero-order chi connectivity index (χ0) is 12.2. The highest BCUT2D eigenvalue weighted by Crippen LogP contribution is 2.29. The Labute approximate surface area is 97.0 Å². The summed E-state index contributed by atoms with van der Waals surface area (Å²) in [7, 11) is 0. The number of nitrogens with one attached hydrogen (secondary N) is 1. The number of rotatable bonds is 5. The van der Waals surface area contributed by atoms with Gasteiger partial charge in [0.2, 0.25) is 0 Å². The Morgan fingerprint density at radius 3 is 2.19 bits per heavy atom. The lowest BCUT2D eigenvalue weighted by atomic mass is 9.89. The zero-order valence-corrected chi connectivity index (χ0v) is 10.3. The summed E-state index contributed by atoms with van der Waals surface area (Å²) >= 11 is 0. The van der Waals surface area contributed by atoms with Crippen LogP contribution >= 0.6 is 0 Å².